The molecule has 0 aromatic rings. The fourth-order valence-corrected chi connectivity index (χ4v) is 5.78. The molecule has 0 heterocycles. The fourth-order valence-electron chi connectivity index (χ4n) is 5.78. The van der Waals surface area contributed by atoms with Crippen LogP contribution in [0, 0.1) is 0 Å². The zero-order valence-electron chi connectivity index (χ0n) is 36.4. The Kier molecular flexibility index (Phi) is 26.3. The second-order valence-electron chi connectivity index (χ2n) is 15.9. The highest BCUT2D eigenvalue weighted by Gasteiger charge is 2.41. The standard InChI is InChI=1S/C44H66F12O4/c1-33(2)15-9-16-34(3)17-10-21-37(6)24-14-27-40(59-31-43(51,52)53,60-32-44(54,55)56)28-25-38(7)22-12-19-35(4)18-11-20-36(5)23-13-26-39(8,57-29-41(45,46)47)58-30-42(48,49)50/h15,17-18,22-24H,9-14,16,19-21,25-32H2,1-8H3/b34-17?,35-18+,36-23-,37-24?,38-22?. The number of rotatable bonds is 29. The van der Waals surface area contributed by atoms with Gasteiger partial charge in [-0.15, -0.1) is 0 Å². The highest BCUT2D eigenvalue weighted by molar-refractivity contribution is 5.08. The molecule has 0 bridgehead atoms. The van der Waals surface area contributed by atoms with Gasteiger partial charge in [0, 0.05) is 19.3 Å². The summed E-state index contributed by atoms with van der Waals surface area (Å²) >= 11 is 0. The molecule has 0 amide bonds. The first-order valence-electron chi connectivity index (χ1n) is 20.2. The summed E-state index contributed by atoms with van der Waals surface area (Å²) in [5.74, 6) is -4.24. The Bertz CT molecular complexity index is 1370. The van der Waals surface area contributed by atoms with E-state index in [4.69, 9.17) is 9.47 Å². The quantitative estimate of drug-likeness (QED) is 0.0426. The SMILES string of the molecule is CC(C)=CCCC(C)=CCCC(C)=CCCC(CCC(C)=CCC/C(C)=C/CC/C(C)=C\CCC(C)(OCC(F)(F)F)OCC(F)(F)F)(OCC(F)(F)F)OCC(F)(F)F. The minimum absolute atomic E-state index is 0.111. The van der Waals surface area contributed by atoms with Crippen LogP contribution in [0.1, 0.15) is 145 Å². The average molecular weight is 887 g/mol. The Morgan fingerprint density at radius 1 is 0.350 bits per heavy atom. The number of ether oxygens (including phenoxy) is 4. The molecule has 0 aromatic carbocycles. The van der Waals surface area contributed by atoms with E-state index in [9.17, 15) is 52.7 Å². The van der Waals surface area contributed by atoms with Gasteiger partial charge in [0.25, 0.3) is 0 Å². The van der Waals surface area contributed by atoms with Gasteiger partial charge in [-0.25, -0.2) is 0 Å². The van der Waals surface area contributed by atoms with Crippen LogP contribution in [0.25, 0.3) is 0 Å². The molecule has 0 aliphatic carbocycles. The molecule has 0 aromatic heterocycles. The summed E-state index contributed by atoms with van der Waals surface area (Å²) < 4.78 is 175. The van der Waals surface area contributed by atoms with Crippen molar-refractivity contribution in [3.63, 3.8) is 0 Å². The lowest BCUT2D eigenvalue weighted by atomic mass is 9.98. The summed E-state index contributed by atoms with van der Waals surface area (Å²) in [6, 6.07) is 0. The molecule has 0 rings (SSSR count). The van der Waals surface area contributed by atoms with Gasteiger partial charge in [0.1, 0.15) is 26.4 Å². The second kappa shape index (κ2) is 27.5. The summed E-state index contributed by atoms with van der Waals surface area (Å²) in [6.45, 7) is 7.37. The minimum Gasteiger partial charge on any atom is -0.341 e. The van der Waals surface area contributed by atoms with Crippen molar-refractivity contribution in [3.05, 3.63) is 69.9 Å². The van der Waals surface area contributed by atoms with Crippen LogP contribution in [0.15, 0.2) is 69.9 Å². The van der Waals surface area contributed by atoms with Crippen molar-refractivity contribution in [2.45, 2.75) is 182 Å². The van der Waals surface area contributed by atoms with Gasteiger partial charge in [-0.3, -0.25) is 0 Å². The second-order valence-corrected chi connectivity index (χ2v) is 15.9. The van der Waals surface area contributed by atoms with E-state index in [0.717, 1.165) is 48.5 Å². The van der Waals surface area contributed by atoms with Crippen molar-refractivity contribution in [2.24, 2.45) is 0 Å². The fraction of sp³-hybridized carbons (Fsp3) is 0.727. The lowest BCUT2D eigenvalue weighted by Gasteiger charge is -2.35. The van der Waals surface area contributed by atoms with Crippen molar-refractivity contribution in [3.8, 4) is 0 Å². The Morgan fingerprint density at radius 3 is 0.967 bits per heavy atom. The highest BCUT2D eigenvalue weighted by Crippen LogP contribution is 2.34. The predicted octanol–water partition coefficient (Wildman–Crippen LogP) is 15.9. The van der Waals surface area contributed by atoms with E-state index in [-0.39, 0.29) is 38.5 Å². The molecule has 4 nitrogen and oxygen atoms in total. The molecule has 0 aliphatic rings. The first-order chi connectivity index (χ1) is 27.4. The summed E-state index contributed by atoms with van der Waals surface area (Å²) in [7, 11) is 0. The van der Waals surface area contributed by atoms with Gasteiger partial charge >= 0.3 is 24.7 Å². The van der Waals surface area contributed by atoms with Gasteiger partial charge in [0.05, 0.1) is 0 Å². The summed E-state index contributed by atoms with van der Waals surface area (Å²) in [5.41, 5.74) is 6.03. The maximum absolute atomic E-state index is 13.3. The molecular formula is C44H66F12O4. The number of halogens is 12. The first kappa shape index (κ1) is 57.4. The number of alkyl halides is 12. The van der Waals surface area contributed by atoms with Crippen LogP contribution >= 0.6 is 0 Å². The molecule has 0 N–H and O–H groups in total. The number of hydrogen-bond acceptors (Lipinski definition) is 4. The zero-order valence-corrected chi connectivity index (χ0v) is 36.4. The molecule has 0 saturated carbocycles. The maximum Gasteiger partial charge on any atom is 0.411 e. The van der Waals surface area contributed by atoms with Gasteiger partial charge < -0.3 is 18.9 Å². The summed E-state index contributed by atoms with van der Waals surface area (Å²) in [6.07, 6.45) is -2.13. The van der Waals surface area contributed by atoms with Crippen molar-refractivity contribution < 1.29 is 71.6 Å². The van der Waals surface area contributed by atoms with E-state index in [2.05, 4.69) is 21.6 Å². The average Bonchev–Trinajstić information content (AvgIpc) is 3.09. The van der Waals surface area contributed by atoms with Crippen molar-refractivity contribution in [2.75, 3.05) is 26.4 Å². The van der Waals surface area contributed by atoms with Crippen molar-refractivity contribution in [1.29, 1.82) is 0 Å². The van der Waals surface area contributed by atoms with E-state index in [1.807, 2.05) is 46.8 Å². The van der Waals surface area contributed by atoms with Crippen molar-refractivity contribution in [1.82, 2.24) is 0 Å². The van der Waals surface area contributed by atoms with Crippen LogP contribution in [0.3, 0.4) is 0 Å². The van der Waals surface area contributed by atoms with Crippen LogP contribution in [-0.2, 0) is 18.9 Å². The Labute approximate surface area is 349 Å². The number of allylic oxidation sites excluding steroid dienone is 12. The molecule has 0 saturated heterocycles. The van der Waals surface area contributed by atoms with E-state index in [0.29, 0.717) is 32.1 Å². The third-order valence-electron chi connectivity index (χ3n) is 9.28. The molecule has 0 atom stereocenters. The third-order valence-corrected chi connectivity index (χ3v) is 9.28. The van der Waals surface area contributed by atoms with E-state index >= 15 is 0 Å². The van der Waals surface area contributed by atoms with E-state index in [1.165, 1.54) is 11.1 Å². The molecule has 0 aliphatic heterocycles. The first-order valence-corrected chi connectivity index (χ1v) is 20.2. The van der Waals surface area contributed by atoms with Gasteiger partial charge in [-0.2, -0.15) is 52.7 Å². The van der Waals surface area contributed by atoms with E-state index < -0.39 is 62.7 Å². The molecule has 16 heteroatoms. The lowest BCUT2D eigenvalue weighted by Crippen LogP contribution is -2.41. The Balaban J connectivity index is 5.47. The van der Waals surface area contributed by atoms with Gasteiger partial charge in [-0.05, 0) is 126 Å². The van der Waals surface area contributed by atoms with Crippen LogP contribution in [0.2, 0.25) is 0 Å². The van der Waals surface area contributed by atoms with Crippen LogP contribution < -0.4 is 0 Å². The van der Waals surface area contributed by atoms with Crippen LogP contribution in [0.4, 0.5) is 52.7 Å². The highest BCUT2D eigenvalue weighted by atomic mass is 19.4. The van der Waals surface area contributed by atoms with Gasteiger partial charge in [-0.1, -0.05) is 69.9 Å². The largest absolute Gasteiger partial charge is 0.411 e. The molecule has 0 unspecified atom stereocenters. The lowest BCUT2D eigenvalue weighted by molar-refractivity contribution is -0.314. The molecule has 350 valence electrons. The molecular weight excluding hydrogens is 820 g/mol. The van der Waals surface area contributed by atoms with Crippen LogP contribution in [0.5, 0.6) is 0 Å². The minimum atomic E-state index is -4.79. The molecule has 0 spiro atoms. The smallest absolute Gasteiger partial charge is 0.341 e. The Morgan fingerprint density at radius 2 is 0.633 bits per heavy atom. The molecule has 60 heavy (non-hydrogen) atoms. The van der Waals surface area contributed by atoms with Crippen molar-refractivity contribution >= 4 is 0 Å². The van der Waals surface area contributed by atoms with Gasteiger partial charge in [0.2, 0.25) is 0 Å². The topological polar surface area (TPSA) is 36.9 Å². The summed E-state index contributed by atoms with van der Waals surface area (Å²) in [4.78, 5) is 0. The Hall–Kier alpha value is -2.56. The normalized spacial score (nSPS) is 15.0. The van der Waals surface area contributed by atoms with Gasteiger partial charge in [0.15, 0.2) is 11.6 Å². The monoisotopic (exact) mass is 886 g/mol. The molecule has 0 fully saturated rings. The summed E-state index contributed by atoms with van der Waals surface area (Å²) in [5, 5.41) is 0. The maximum atomic E-state index is 13.3. The molecule has 0 radical (unpaired) electrons. The third kappa shape index (κ3) is 34.1. The van der Waals surface area contributed by atoms with Crippen LogP contribution in [-0.4, -0.2) is 62.7 Å². The predicted molar refractivity (Wildman–Crippen MR) is 212 cm³/mol. The zero-order chi connectivity index (χ0) is 46.3. The van der Waals surface area contributed by atoms with E-state index in [1.54, 1.807) is 26.0 Å². The number of hydrogen-bond donors (Lipinski definition) is 0.